The summed E-state index contributed by atoms with van der Waals surface area (Å²) in [7, 11) is -3.75. The van der Waals surface area contributed by atoms with E-state index < -0.39 is 22.0 Å². The second kappa shape index (κ2) is 13.3. The van der Waals surface area contributed by atoms with Crippen LogP contribution in [-0.2, 0) is 32.6 Å². The Morgan fingerprint density at radius 1 is 0.971 bits per heavy atom. The minimum absolute atomic E-state index is 0.220. The van der Waals surface area contributed by atoms with Gasteiger partial charge in [0, 0.05) is 13.1 Å². The number of carbonyl (C=O) groups is 2. The number of hydrogen-bond acceptors (Lipinski definition) is 4. The van der Waals surface area contributed by atoms with E-state index in [2.05, 4.69) is 5.32 Å². The van der Waals surface area contributed by atoms with Crippen molar-refractivity contribution in [1.82, 2.24) is 10.2 Å². The Morgan fingerprint density at radius 2 is 1.60 bits per heavy atom. The molecule has 0 unspecified atom stereocenters. The molecule has 0 heterocycles. The summed E-state index contributed by atoms with van der Waals surface area (Å²) in [6.45, 7) is 8.20. The van der Waals surface area contributed by atoms with Crippen molar-refractivity contribution in [2.45, 2.75) is 66.0 Å². The Bertz CT molecular complexity index is 1100. The number of anilines is 1. The molecular weight excluding hydrogens is 462 g/mol. The van der Waals surface area contributed by atoms with Crippen LogP contribution in [0.1, 0.15) is 56.7 Å². The predicted octanol–water partition coefficient (Wildman–Crippen LogP) is 4.05. The maximum Gasteiger partial charge on any atom is 0.244 e. The van der Waals surface area contributed by atoms with Crippen LogP contribution in [-0.4, -0.2) is 50.5 Å². The molecule has 0 spiro atoms. The fourth-order valence-corrected chi connectivity index (χ4v) is 4.92. The first-order valence-corrected chi connectivity index (χ1v) is 14.2. The zero-order valence-corrected chi connectivity index (χ0v) is 22.4. The van der Waals surface area contributed by atoms with Gasteiger partial charge in [-0.3, -0.25) is 13.9 Å². The average Bonchev–Trinajstić information content (AvgIpc) is 2.82. The van der Waals surface area contributed by atoms with Gasteiger partial charge in [0.05, 0.1) is 11.9 Å². The molecule has 2 amide bonds. The highest BCUT2D eigenvalue weighted by Crippen LogP contribution is 2.24. The van der Waals surface area contributed by atoms with Gasteiger partial charge in [-0.15, -0.1) is 0 Å². The molecule has 2 aromatic rings. The minimum atomic E-state index is -3.75. The highest BCUT2D eigenvalue weighted by Gasteiger charge is 2.32. The molecule has 0 fully saturated rings. The van der Waals surface area contributed by atoms with Crippen LogP contribution in [0.15, 0.2) is 48.5 Å². The summed E-state index contributed by atoms with van der Waals surface area (Å²) in [5.41, 5.74) is 3.24. The van der Waals surface area contributed by atoms with Crippen LogP contribution >= 0.6 is 0 Å². The first kappa shape index (κ1) is 28.4. The van der Waals surface area contributed by atoms with Gasteiger partial charge in [-0.1, -0.05) is 69.7 Å². The van der Waals surface area contributed by atoms with E-state index >= 15 is 0 Å². The second-order valence-electron chi connectivity index (χ2n) is 8.77. The topological polar surface area (TPSA) is 86.8 Å². The maximum atomic E-state index is 13.8. The van der Waals surface area contributed by atoms with Crippen LogP contribution < -0.4 is 9.62 Å². The summed E-state index contributed by atoms with van der Waals surface area (Å²) in [5.74, 6) is -0.634. The van der Waals surface area contributed by atoms with Crippen molar-refractivity contribution in [3.63, 3.8) is 0 Å². The van der Waals surface area contributed by atoms with Crippen molar-refractivity contribution in [1.29, 1.82) is 0 Å². The summed E-state index contributed by atoms with van der Waals surface area (Å²) in [5, 5.41) is 2.94. The maximum absolute atomic E-state index is 13.8. The fourth-order valence-electron chi connectivity index (χ4n) is 4.04. The first-order chi connectivity index (χ1) is 16.6. The molecule has 35 heavy (non-hydrogen) atoms. The molecule has 192 valence electrons. The normalized spacial score (nSPS) is 12.1. The third-order valence-electron chi connectivity index (χ3n) is 6.14. The van der Waals surface area contributed by atoms with Crippen LogP contribution in [0.5, 0.6) is 0 Å². The van der Waals surface area contributed by atoms with Gasteiger partial charge in [-0.05, 0) is 48.9 Å². The van der Waals surface area contributed by atoms with Crippen LogP contribution in [0.3, 0.4) is 0 Å². The number of benzene rings is 2. The zero-order chi connectivity index (χ0) is 26.0. The molecule has 0 saturated carbocycles. The molecule has 1 N–H and O–H groups in total. The standard InChI is InChI=1S/C27H39N3O4S/c1-6-9-18-28-27(32)24(8-3)29(19-23-16-11-10-14-21(23)4)26(31)20-30(35(5,33)34)25-17-13-12-15-22(25)7-2/h10-17,24H,6-9,18-20H2,1-5H3,(H,28,32)/t24-/m1/s1. The summed E-state index contributed by atoms with van der Waals surface area (Å²) >= 11 is 0. The summed E-state index contributed by atoms with van der Waals surface area (Å²) in [6.07, 6.45) is 3.94. The monoisotopic (exact) mass is 501 g/mol. The predicted molar refractivity (Wildman–Crippen MR) is 142 cm³/mol. The highest BCUT2D eigenvalue weighted by atomic mass is 32.2. The van der Waals surface area contributed by atoms with Gasteiger partial charge in [-0.2, -0.15) is 0 Å². The van der Waals surface area contributed by atoms with Crippen molar-refractivity contribution in [3.8, 4) is 0 Å². The third-order valence-corrected chi connectivity index (χ3v) is 7.26. The summed E-state index contributed by atoms with van der Waals surface area (Å²) < 4.78 is 26.7. The quantitative estimate of drug-likeness (QED) is 0.420. The van der Waals surface area contributed by atoms with E-state index in [0.29, 0.717) is 25.1 Å². The number of para-hydroxylation sites is 1. The van der Waals surface area contributed by atoms with E-state index in [4.69, 9.17) is 0 Å². The summed E-state index contributed by atoms with van der Waals surface area (Å²) in [4.78, 5) is 28.4. The van der Waals surface area contributed by atoms with Gasteiger partial charge < -0.3 is 10.2 Å². The number of sulfonamides is 1. The highest BCUT2D eigenvalue weighted by molar-refractivity contribution is 7.92. The lowest BCUT2D eigenvalue weighted by molar-refractivity contribution is -0.140. The first-order valence-electron chi connectivity index (χ1n) is 12.3. The van der Waals surface area contributed by atoms with Crippen LogP contribution in [0.4, 0.5) is 5.69 Å². The molecule has 0 saturated heterocycles. The smallest absolute Gasteiger partial charge is 0.244 e. The fraction of sp³-hybridized carbons (Fsp3) is 0.481. The molecule has 0 bridgehead atoms. The van der Waals surface area contributed by atoms with E-state index in [9.17, 15) is 18.0 Å². The second-order valence-corrected chi connectivity index (χ2v) is 10.7. The van der Waals surface area contributed by atoms with Crippen LogP contribution in [0, 0.1) is 6.92 Å². The molecule has 2 aromatic carbocycles. The van der Waals surface area contributed by atoms with E-state index in [1.807, 2.05) is 64.1 Å². The van der Waals surface area contributed by atoms with Crippen molar-refractivity contribution in [2.75, 3.05) is 23.7 Å². The molecule has 0 aliphatic heterocycles. The average molecular weight is 502 g/mol. The van der Waals surface area contributed by atoms with Crippen molar-refractivity contribution in [3.05, 3.63) is 65.2 Å². The number of aryl methyl sites for hydroxylation is 2. The van der Waals surface area contributed by atoms with Gasteiger partial charge in [0.2, 0.25) is 21.8 Å². The van der Waals surface area contributed by atoms with Gasteiger partial charge >= 0.3 is 0 Å². The Hall–Kier alpha value is -2.87. The van der Waals surface area contributed by atoms with Crippen LogP contribution in [0.25, 0.3) is 0 Å². The third kappa shape index (κ3) is 7.82. The Morgan fingerprint density at radius 3 is 2.17 bits per heavy atom. The lowest BCUT2D eigenvalue weighted by atomic mass is 10.1. The van der Waals surface area contributed by atoms with Crippen molar-refractivity contribution in [2.24, 2.45) is 0 Å². The molecule has 0 aromatic heterocycles. The van der Waals surface area contributed by atoms with E-state index in [0.717, 1.165) is 40.1 Å². The molecule has 0 aliphatic carbocycles. The Balaban J connectivity index is 2.45. The van der Waals surface area contributed by atoms with Gasteiger partial charge in [-0.25, -0.2) is 8.42 Å². The van der Waals surface area contributed by atoms with Gasteiger partial charge in [0.1, 0.15) is 12.6 Å². The zero-order valence-electron chi connectivity index (χ0n) is 21.6. The van der Waals surface area contributed by atoms with Crippen molar-refractivity contribution < 1.29 is 18.0 Å². The Labute approximate surface area is 210 Å². The largest absolute Gasteiger partial charge is 0.354 e. The number of rotatable bonds is 13. The van der Waals surface area contributed by atoms with Crippen molar-refractivity contribution >= 4 is 27.5 Å². The molecule has 0 radical (unpaired) electrons. The SMILES string of the molecule is CCCCNC(=O)[C@@H](CC)N(Cc1ccccc1C)C(=O)CN(c1ccccc1CC)S(C)(=O)=O. The van der Waals surface area contributed by atoms with E-state index in [-0.39, 0.29) is 19.0 Å². The van der Waals surface area contributed by atoms with Gasteiger partial charge in [0.25, 0.3) is 0 Å². The van der Waals surface area contributed by atoms with E-state index in [1.165, 1.54) is 4.90 Å². The lowest BCUT2D eigenvalue weighted by Gasteiger charge is -2.33. The molecule has 8 heteroatoms. The van der Waals surface area contributed by atoms with Gasteiger partial charge in [0.15, 0.2) is 0 Å². The van der Waals surface area contributed by atoms with E-state index in [1.54, 1.807) is 12.1 Å². The number of unbranched alkanes of at least 4 members (excludes halogenated alkanes) is 1. The molecular formula is C27H39N3O4S. The summed E-state index contributed by atoms with van der Waals surface area (Å²) in [6, 6.07) is 14.2. The number of amides is 2. The number of nitrogens with zero attached hydrogens (tertiary/aromatic N) is 2. The molecule has 1 atom stereocenters. The lowest BCUT2D eigenvalue weighted by Crippen LogP contribution is -2.52. The number of carbonyl (C=O) groups excluding carboxylic acids is 2. The molecule has 7 nitrogen and oxygen atoms in total. The number of hydrogen-bond donors (Lipinski definition) is 1. The Kier molecular flexibility index (Phi) is 10.8. The van der Waals surface area contributed by atoms with Crippen LogP contribution in [0.2, 0.25) is 0 Å². The number of nitrogens with one attached hydrogen (secondary N) is 1. The molecule has 0 aliphatic rings. The molecule has 2 rings (SSSR count). The minimum Gasteiger partial charge on any atom is -0.354 e.